The van der Waals surface area contributed by atoms with Crippen molar-refractivity contribution < 1.29 is 14.3 Å². The molecule has 1 amide bonds. The van der Waals surface area contributed by atoms with Crippen LogP contribution >= 0.6 is 11.3 Å². The fraction of sp³-hybridized carbons (Fsp3) is 0.190. The van der Waals surface area contributed by atoms with Crippen LogP contribution in [0.15, 0.2) is 60.0 Å². The van der Waals surface area contributed by atoms with Crippen LogP contribution in [0.3, 0.4) is 0 Å². The standard InChI is InChI=1S/C21H21NO3S/c1-3-24-18-9-7-17(8-10-18)22-21(23)20-12-16(14-26-20)13-25-19-6-4-5-15(2)11-19/h4-12,14H,3,13H2,1-2H3,(H,22,23). The van der Waals surface area contributed by atoms with Crippen molar-refractivity contribution in [1.82, 2.24) is 0 Å². The zero-order valence-electron chi connectivity index (χ0n) is 14.8. The van der Waals surface area contributed by atoms with Crippen LogP contribution in [0.4, 0.5) is 5.69 Å². The van der Waals surface area contributed by atoms with Crippen LogP contribution < -0.4 is 14.8 Å². The lowest BCUT2D eigenvalue weighted by Crippen LogP contribution is -2.10. The number of anilines is 1. The van der Waals surface area contributed by atoms with Crippen LogP contribution in [-0.2, 0) is 6.61 Å². The molecule has 0 radical (unpaired) electrons. The number of hydrogen-bond acceptors (Lipinski definition) is 4. The Kier molecular flexibility index (Phi) is 5.92. The predicted octanol–water partition coefficient (Wildman–Crippen LogP) is 5.29. The minimum absolute atomic E-state index is 0.124. The maximum atomic E-state index is 12.4. The highest BCUT2D eigenvalue weighted by molar-refractivity contribution is 7.12. The zero-order valence-corrected chi connectivity index (χ0v) is 15.6. The molecule has 2 aromatic carbocycles. The van der Waals surface area contributed by atoms with Crippen molar-refractivity contribution in [3.8, 4) is 11.5 Å². The lowest BCUT2D eigenvalue weighted by molar-refractivity contribution is 0.103. The fourth-order valence-electron chi connectivity index (χ4n) is 2.44. The molecular formula is C21H21NO3S. The van der Waals surface area contributed by atoms with Gasteiger partial charge in [-0.15, -0.1) is 11.3 Å². The minimum atomic E-state index is -0.124. The summed E-state index contributed by atoms with van der Waals surface area (Å²) in [6.45, 7) is 5.03. The van der Waals surface area contributed by atoms with E-state index in [-0.39, 0.29) is 5.91 Å². The normalized spacial score (nSPS) is 10.4. The minimum Gasteiger partial charge on any atom is -0.494 e. The van der Waals surface area contributed by atoms with Gasteiger partial charge in [-0.3, -0.25) is 4.79 Å². The molecule has 0 aliphatic rings. The zero-order chi connectivity index (χ0) is 18.4. The second-order valence-corrected chi connectivity index (χ2v) is 6.75. The molecular weight excluding hydrogens is 346 g/mol. The van der Waals surface area contributed by atoms with Crippen molar-refractivity contribution in [2.75, 3.05) is 11.9 Å². The molecule has 3 aromatic rings. The van der Waals surface area contributed by atoms with Crippen molar-refractivity contribution in [1.29, 1.82) is 0 Å². The topological polar surface area (TPSA) is 47.6 Å². The van der Waals surface area contributed by atoms with E-state index in [2.05, 4.69) is 5.32 Å². The number of amides is 1. The van der Waals surface area contributed by atoms with Gasteiger partial charge in [0, 0.05) is 11.3 Å². The molecule has 0 saturated heterocycles. The molecule has 0 aliphatic carbocycles. The molecule has 1 heterocycles. The highest BCUT2D eigenvalue weighted by Crippen LogP contribution is 2.21. The van der Waals surface area contributed by atoms with Gasteiger partial charge in [-0.2, -0.15) is 0 Å². The molecule has 134 valence electrons. The van der Waals surface area contributed by atoms with Gasteiger partial charge in [0.25, 0.3) is 5.91 Å². The molecule has 1 aromatic heterocycles. The largest absolute Gasteiger partial charge is 0.494 e. The Morgan fingerprint density at radius 1 is 1.04 bits per heavy atom. The lowest BCUT2D eigenvalue weighted by Gasteiger charge is -2.06. The molecule has 0 bridgehead atoms. The van der Waals surface area contributed by atoms with Gasteiger partial charge in [-0.1, -0.05) is 12.1 Å². The molecule has 0 saturated carbocycles. The Hall–Kier alpha value is -2.79. The Labute approximate surface area is 157 Å². The van der Waals surface area contributed by atoms with Gasteiger partial charge in [0.2, 0.25) is 0 Å². The van der Waals surface area contributed by atoms with Gasteiger partial charge in [0.1, 0.15) is 18.1 Å². The number of thiophene rings is 1. The van der Waals surface area contributed by atoms with E-state index in [4.69, 9.17) is 9.47 Å². The fourth-order valence-corrected chi connectivity index (χ4v) is 3.23. The molecule has 5 heteroatoms. The van der Waals surface area contributed by atoms with E-state index >= 15 is 0 Å². The van der Waals surface area contributed by atoms with E-state index in [0.29, 0.717) is 18.1 Å². The number of aryl methyl sites for hydroxylation is 1. The number of rotatable bonds is 7. The van der Waals surface area contributed by atoms with Gasteiger partial charge in [-0.25, -0.2) is 0 Å². The average molecular weight is 367 g/mol. The van der Waals surface area contributed by atoms with Crippen molar-refractivity contribution in [3.63, 3.8) is 0 Å². The highest BCUT2D eigenvalue weighted by Gasteiger charge is 2.10. The molecule has 1 N–H and O–H groups in total. The van der Waals surface area contributed by atoms with E-state index in [1.54, 1.807) is 0 Å². The smallest absolute Gasteiger partial charge is 0.265 e. The first-order chi connectivity index (χ1) is 12.6. The Bertz CT molecular complexity index is 871. The van der Waals surface area contributed by atoms with Gasteiger partial charge in [-0.05, 0) is 67.3 Å². The second-order valence-electron chi connectivity index (χ2n) is 5.84. The van der Waals surface area contributed by atoms with E-state index in [1.807, 2.05) is 73.8 Å². The summed E-state index contributed by atoms with van der Waals surface area (Å²) in [4.78, 5) is 13.0. The quantitative estimate of drug-likeness (QED) is 0.617. The first-order valence-electron chi connectivity index (χ1n) is 8.45. The van der Waals surface area contributed by atoms with E-state index < -0.39 is 0 Å². The van der Waals surface area contributed by atoms with Crippen molar-refractivity contribution in [3.05, 3.63) is 76.0 Å². The highest BCUT2D eigenvalue weighted by atomic mass is 32.1. The number of benzene rings is 2. The molecule has 3 rings (SSSR count). The number of hydrogen-bond donors (Lipinski definition) is 1. The van der Waals surface area contributed by atoms with Crippen molar-refractivity contribution in [2.24, 2.45) is 0 Å². The van der Waals surface area contributed by atoms with Crippen molar-refractivity contribution in [2.45, 2.75) is 20.5 Å². The molecule has 0 fully saturated rings. The van der Waals surface area contributed by atoms with Crippen LogP contribution in [0.25, 0.3) is 0 Å². The third-order valence-corrected chi connectivity index (χ3v) is 4.67. The van der Waals surface area contributed by atoms with Crippen LogP contribution in [-0.4, -0.2) is 12.5 Å². The summed E-state index contributed by atoms with van der Waals surface area (Å²) < 4.78 is 11.2. The summed E-state index contributed by atoms with van der Waals surface area (Å²) in [5.41, 5.74) is 2.88. The molecule has 0 unspecified atom stereocenters. The van der Waals surface area contributed by atoms with Crippen LogP contribution in [0.5, 0.6) is 11.5 Å². The SMILES string of the molecule is CCOc1ccc(NC(=O)c2cc(COc3cccc(C)c3)cs2)cc1. The number of carbonyl (C=O) groups is 1. The van der Waals surface area contributed by atoms with Crippen LogP contribution in [0.2, 0.25) is 0 Å². The third kappa shape index (κ3) is 4.86. The van der Waals surface area contributed by atoms with Crippen LogP contribution in [0.1, 0.15) is 27.7 Å². The molecule has 0 spiro atoms. The monoisotopic (exact) mass is 367 g/mol. The lowest BCUT2D eigenvalue weighted by atomic mass is 10.2. The Balaban J connectivity index is 1.57. The van der Waals surface area contributed by atoms with E-state index in [0.717, 1.165) is 28.3 Å². The van der Waals surface area contributed by atoms with Gasteiger partial charge in [0.15, 0.2) is 0 Å². The first kappa shape index (κ1) is 18.0. The maximum Gasteiger partial charge on any atom is 0.265 e. The number of nitrogens with one attached hydrogen (secondary N) is 1. The first-order valence-corrected chi connectivity index (χ1v) is 9.33. The van der Waals surface area contributed by atoms with Crippen LogP contribution in [0, 0.1) is 6.92 Å². The predicted molar refractivity (Wildman–Crippen MR) is 105 cm³/mol. The van der Waals surface area contributed by atoms with E-state index in [9.17, 15) is 4.79 Å². The average Bonchev–Trinajstić information content (AvgIpc) is 3.11. The Morgan fingerprint density at radius 3 is 2.58 bits per heavy atom. The summed E-state index contributed by atoms with van der Waals surface area (Å²) in [5.74, 6) is 1.50. The maximum absolute atomic E-state index is 12.4. The summed E-state index contributed by atoms with van der Waals surface area (Å²) in [6.07, 6.45) is 0. The van der Waals surface area contributed by atoms with Gasteiger partial charge < -0.3 is 14.8 Å². The Morgan fingerprint density at radius 2 is 1.85 bits per heavy atom. The molecule has 26 heavy (non-hydrogen) atoms. The molecule has 0 aliphatic heterocycles. The summed E-state index contributed by atoms with van der Waals surface area (Å²) in [7, 11) is 0. The summed E-state index contributed by atoms with van der Waals surface area (Å²) in [5, 5.41) is 4.84. The number of carbonyl (C=O) groups excluding carboxylic acids is 1. The molecule has 0 atom stereocenters. The summed E-state index contributed by atoms with van der Waals surface area (Å²) >= 11 is 1.41. The molecule has 4 nitrogen and oxygen atoms in total. The van der Waals surface area contributed by atoms with Crippen molar-refractivity contribution >= 4 is 22.9 Å². The summed E-state index contributed by atoms with van der Waals surface area (Å²) in [6, 6.07) is 17.1. The second kappa shape index (κ2) is 8.54. The van der Waals surface area contributed by atoms with Gasteiger partial charge >= 0.3 is 0 Å². The van der Waals surface area contributed by atoms with E-state index in [1.165, 1.54) is 11.3 Å². The van der Waals surface area contributed by atoms with Gasteiger partial charge in [0.05, 0.1) is 11.5 Å². The third-order valence-electron chi connectivity index (χ3n) is 3.70. The number of ether oxygens (including phenoxy) is 2.